The number of carbonyl (C=O) groups excluding carboxylic acids is 1. The maximum atomic E-state index is 11.6. The van der Waals surface area contributed by atoms with Crippen LogP contribution >= 0.6 is 12.4 Å². The summed E-state index contributed by atoms with van der Waals surface area (Å²) < 4.78 is 10.1. The normalized spacial score (nSPS) is 9.19. The number of Topliss-reactive ketones (excluding diaryl/α,β-unsaturated/α-hetero) is 1. The largest absolute Gasteiger partial charge is 0.497 e. The zero-order valence-corrected chi connectivity index (χ0v) is 10.4. The van der Waals surface area contributed by atoms with Gasteiger partial charge in [0, 0.05) is 11.6 Å². The molecule has 0 fully saturated rings. The Morgan fingerprint density at radius 2 is 1.69 bits per heavy atom. The predicted molar refractivity (Wildman–Crippen MR) is 65.1 cm³/mol. The number of hydrogen-bond acceptors (Lipinski definition) is 4. The quantitative estimate of drug-likeness (QED) is 0.800. The predicted octanol–water partition coefficient (Wildman–Crippen LogP) is 1.53. The molecule has 0 radical (unpaired) electrons. The number of benzene rings is 1. The summed E-state index contributed by atoms with van der Waals surface area (Å²) in [4.78, 5) is 11.6. The molecule has 0 heterocycles. The fraction of sp³-hybridized carbons (Fsp3) is 0.364. The second-order valence-electron chi connectivity index (χ2n) is 3.05. The minimum absolute atomic E-state index is 0. The molecule has 1 N–H and O–H groups in total. The Labute approximate surface area is 101 Å². The van der Waals surface area contributed by atoms with E-state index in [1.807, 2.05) is 0 Å². The van der Waals surface area contributed by atoms with Gasteiger partial charge in [0.2, 0.25) is 0 Å². The van der Waals surface area contributed by atoms with E-state index in [0.717, 1.165) is 0 Å². The molecule has 0 aromatic heterocycles. The first-order valence-corrected chi connectivity index (χ1v) is 4.62. The first-order chi connectivity index (χ1) is 7.21. The Balaban J connectivity index is 0.00000225. The molecule has 0 aliphatic heterocycles. The summed E-state index contributed by atoms with van der Waals surface area (Å²) in [5, 5.41) is 2.81. The summed E-state index contributed by atoms with van der Waals surface area (Å²) in [7, 11) is 4.84. The number of methoxy groups -OCH3 is 2. The summed E-state index contributed by atoms with van der Waals surface area (Å²) in [6, 6.07) is 5.13. The van der Waals surface area contributed by atoms with Gasteiger partial charge in [-0.15, -0.1) is 12.4 Å². The molecule has 90 valence electrons. The Kier molecular flexibility index (Phi) is 6.53. The van der Waals surface area contributed by atoms with Crippen molar-refractivity contribution >= 4 is 18.2 Å². The lowest BCUT2D eigenvalue weighted by Crippen LogP contribution is -2.18. The van der Waals surface area contributed by atoms with Crippen LogP contribution in [0, 0.1) is 0 Å². The first-order valence-electron chi connectivity index (χ1n) is 4.62. The highest BCUT2D eigenvalue weighted by Gasteiger charge is 2.08. The van der Waals surface area contributed by atoms with Gasteiger partial charge in [-0.25, -0.2) is 0 Å². The summed E-state index contributed by atoms with van der Waals surface area (Å²) in [6.07, 6.45) is 0. The molecule has 1 rings (SSSR count). The third-order valence-corrected chi connectivity index (χ3v) is 2.01. The van der Waals surface area contributed by atoms with E-state index in [2.05, 4.69) is 5.32 Å². The van der Waals surface area contributed by atoms with Crippen molar-refractivity contribution in [1.82, 2.24) is 5.32 Å². The van der Waals surface area contributed by atoms with Crippen LogP contribution < -0.4 is 14.8 Å². The van der Waals surface area contributed by atoms with E-state index in [0.29, 0.717) is 23.6 Å². The minimum Gasteiger partial charge on any atom is -0.497 e. The van der Waals surface area contributed by atoms with Crippen LogP contribution in [0.4, 0.5) is 0 Å². The van der Waals surface area contributed by atoms with Gasteiger partial charge in [0.1, 0.15) is 11.5 Å². The number of likely N-dealkylation sites (N-methyl/N-ethyl adjacent to an activating group) is 1. The van der Waals surface area contributed by atoms with Crippen LogP contribution in [0.25, 0.3) is 0 Å². The number of hydrogen-bond donors (Lipinski definition) is 1. The highest BCUT2D eigenvalue weighted by Crippen LogP contribution is 2.22. The molecule has 0 atom stereocenters. The average Bonchev–Trinajstić information content (AvgIpc) is 2.28. The summed E-state index contributed by atoms with van der Waals surface area (Å²) in [5.41, 5.74) is 0.584. The zero-order chi connectivity index (χ0) is 11.3. The van der Waals surface area contributed by atoms with Crippen molar-refractivity contribution in [2.45, 2.75) is 0 Å². The number of ether oxygens (including phenoxy) is 2. The third kappa shape index (κ3) is 3.72. The van der Waals surface area contributed by atoms with Crippen LogP contribution in [0.15, 0.2) is 18.2 Å². The lowest BCUT2D eigenvalue weighted by Gasteiger charge is -2.07. The molecule has 0 aliphatic carbocycles. The van der Waals surface area contributed by atoms with E-state index in [1.165, 1.54) is 0 Å². The highest BCUT2D eigenvalue weighted by atomic mass is 35.5. The zero-order valence-electron chi connectivity index (χ0n) is 9.57. The van der Waals surface area contributed by atoms with Gasteiger partial charge in [0.25, 0.3) is 0 Å². The van der Waals surface area contributed by atoms with E-state index in [1.54, 1.807) is 39.5 Å². The molecule has 0 saturated heterocycles. The second-order valence-corrected chi connectivity index (χ2v) is 3.05. The lowest BCUT2D eigenvalue weighted by atomic mass is 10.1. The highest BCUT2D eigenvalue weighted by molar-refractivity contribution is 5.98. The Morgan fingerprint density at radius 1 is 1.19 bits per heavy atom. The van der Waals surface area contributed by atoms with Gasteiger partial charge in [-0.3, -0.25) is 4.79 Å². The van der Waals surface area contributed by atoms with Gasteiger partial charge in [0.05, 0.1) is 20.8 Å². The lowest BCUT2D eigenvalue weighted by molar-refractivity contribution is 0.0993. The fourth-order valence-electron chi connectivity index (χ4n) is 1.23. The van der Waals surface area contributed by atoms with Gasteiger partial charge in [-0.1, -0.05) is 0 Å². The van der Waals surface area contributed by atoms with E-state index in [-0.39, 0.29) is 18.2 Å². The molecule has 1 aromatic carbocycles. The first kappa shape index (κ1) is 14.7. The van der Waals surface area contributed by atoms with Crippen molar-refractivity contribution in [3.8, 4) is 11.5 Å². The molecule has 0 spiro atoms. The van der Waals surface area contributed by atoms with Crippen LogP contribution in [-0.4, -0.2) is 33.6 Å². The molecule has 16 heavy (non-hydrogen) atoms. The van der Waals surface area contributed by atoms with Crippen molar-refractivity contribution in [3.05, 3.63) is 23.8 Å². The molecule has 0 bridgehead atoms. The standard InChI is InChI=1S/C11H15NO3.ClH/c1-12-7-11(13)8-4-9(14-2)6-10(5-8)15-3;/h4-6,12H,7H2,1-3H3;1H. The Morgan fingerprint density at radius 3 is 2.06 bits per heavy atom. The maximum Gasteiger partial charge on any atom is 0.176 e. The number of carbonyl (C=O) groups is 1. The average molecular weight is 246 g/mol. The second kappa shape index (κ2) is 7.09. The van der Waals surface area contributed by atoms with Gasteiger partial charge in [-0.2, -0.15) is 0 Å². The molecule has 0 unspecified atom stereocenters. The monoisotopic (exact) mass is 245 g/mol. The van der Waals surface area contributed by atoms with Crippen molar-refractivity contribution < 1.29 is 14.3 Å². The third-order valence-electron chi connectivity index (χ3n) is 2.01. The smallest absolute Gasteiger partial charge is 0.176 e. The van der Waals surface area contributed by atoms with Crippen LogP contribution in [0.2, 0.25) is 0 Å². The van der Waals surface area contributed by atoms with Crippen LogP contribution in [0.1, 0.15) is 10.4 Å². The van der Waals surface area contributed by atoms with Crippen molar-refractivity contribution in [3.63, 3.8) is 0 Å². The van der Waals surface area contributed by atoms with E-state index in [9.17, 15) is 4.79 Å². The summed E-state index contributed by atoms with van der Waals surface area (Å²) in [5.74, 6) is 1.25. The van der Waals surface area contributed by atoms with Crippen LogP contribution in [0.5, 0.6) is 11.5 Å². The number of rotatable bonds is 5. The number of ketones is 1. The number of nitrogens with one attached hydrogen (secondary N) is 1. The topological polar surface area (TPSA) is 47.6 Å². The molecule has 0 amide bonds. The van der Waals surface area contributed by atoms with Crippen molar-refractivity contribution in [2.24, 2.45) is 0 Å². The molecule has 1 aromatic rings. The van der Waals surface area contributed by atoms with Gasteiger partial charge >= 0.3 is 0 Å². The van der Waals surface area contributed by atoms with Crippen LogP contribution in [-0.2, 0) is 0 Å². The van der Waals surface area contributed by atoms with Crippen molar-refractivity contribution in [2.75, 3.05) is 27.8 Å². The molecule has 0 saturated carbocycles. The van der Waals surface area contributed by atoms with Gasteiger partial charge in [0.15, 0.2) is 5.78 Å². The number of halogens is 1. The molecule has 5 heteroatoms. The maximum absolute atomic E-state index is 11.6. The Bertz CT molecular complexity index is 333. The van der Waals surface area contributed by atoms with E-state index < -0.39 is 0 Å². The molecule has 4 nitrogen and oxygen atoms in total. The van der Waals surface area contributed by atoms with E-state index in [4.69, 9.17) is 9.47 Å². The summed E-state index contributed by atoms with van der Waals surface area (Å²) in [6.45, 7) is 0.302. The van der Waals surface area contributed by atoms with Gasteiger partial charge in [-0.05, 0) is 19.2 Å². The van der Waals surface area contributed by atoms with Gasteiger partial charge < -0.3 is 14.8 Å². The summed E-state index contributed by atoms with van der Waals surface area (Å²) >= 11 is 0. The molecular formula is C11H16ClNO3. The minimum atomic E-state index is 0. The van der Waals surface area contributed by atoms with Crippen molar-refractivity contribution in [1.29, 1.82) is 0 Å². The SMILES string of the molecule is CNCC(=O)c1cc(OC)cc(OC)c1.Cl. The van der Waals surface area contributed by atoms with E-state index >= 15 is 0 Å². The Hall–Kier alpha value is -1.26. The fourth-order valence-corrected chi connectivity index (χ4v) is 1.23. The molecule has 0 aliphatic rings. The molecular weight excluding hydrogens is 230 g/mol. The van der Waals surface area contributed by atoms with Crippen LogP contribution in [0.3, 0.4) is 0 Å².